The smallest absolute Gasteiger partial charge is 0.508 e. The van der Waals surface area contributed by atoms with E-state index in [0.29, 0.717) is 17.8 Å². The number of halogens is 5. The number of ether oxygens (including phenoxy) is 2. The first-order valence-electron chi connectivity index (χ1n) is 8.43. The average molecular weight is 443 g/mol. The van der Waals surface area contributed by atoms with E-state index in [4.69, 9.17) is 4.74 Å². The highest BCUT2D eigenvalue weighted by atomic mass is 32.5. The Kier molecular flexibility index (Phi) is 4.35. The molecule has 0 saturated heterocycles. The predicted octanol–water partition coefficient (Wildman–Crippen LogP) is 4.53. The van der Waals surface area contributed by atoms with Crippen molar-refractivity contribution in [3.8, 4) is 0 Å². The van der Waals surface area contributed by atoms with E-state index in [1.807, 2.05) is 0 Å². The lowest BCUT2D eigenvalue weighted by Gasteiger charge is -2.56. The second-order valence-electron chi connectivity index (χ2n) is 8.22. The molecule has 1 unspecified atom stereocenters. The molecule has 0 spiro atoms. The molecular weight excluding hydrogens is 423 g/mol. The number of hydrogen-bond acceptors (Lipinski definition) is 6. The van der Waals surface area contributed by atoms with Gasteiger partial charge in [0.1, 0.15) is 23.3 Å². The molecule has 0 N–H and O–H groups in total. The normalized spacial score (nSPS) is 36.6. The Morgan fingerprint density at radius 3 is 1.81 bits per heavy atom. The largest absolute Gasteiger partial charge is 0.747 e. The molecule has 160 valence electrons. The van der Waals surface area contributed by atoms with Crippen LogP contribution >= 0.6 is 10.2 Å². The Hall–Kier alpha value is -0.820. The lowest BCUT2D eigenvalue weighted by molar-refractivity contribution is -0.0897. The zero-order valence-corrected chi connectivity index (χ0v) is 15.8. The zero-order valence-electron chi connectivity index (χ0n) is 14.1. The van der Waals surface area contributed by atoms with Crippen molar-refractivity contribution >= 4 is 26.5 Å². The van der Waals surface area contributed by atoms with Gasteiger partial charge < -0.3 is 14.0 Å². The number of carbonyl (C=O) groups is 1. The van der Waals surface area contributed by atoms with Gasteiger partial charge >= 0.3 is 16.4 Å². The van der Waals surface area contributed by atoms with Crippen molar-refractivity contribution in [2.75, 3.05) is 13.2 Å². The van der Waals surface area contributed by atoms with Crippen molar-refractivity contribution in [2.24, 2.45) is 23.2 Å². The van der Waals surface area contributed by atoms with E-state index in [2.05, 4.69) is 4.74 Å². The fourth-order valence-corrected chi connectivity index (χ4v) is 7.63. The second kappa shape index (κ2) is 5.62. The highest BCUT2D eigenvalue weighted by Crippen LogP contribution is 3.00. The third-order valence-corrected chi connectivity index (χ3v) is 9.53. The number of rotatable bonds is 6. The molecule has 1 atom stereocenters. The van der Waals surface area contributed by atoms with Crippen LogP contribution in [0.15, 0.2) is 0 Å². The van der Waals surface area contributed by atoms with E-state index < -0.39 is 37.7 Å². The first-order valence-corrected chi connectivity index (χ1v) is 11.9. The summed E-state index contributed by atoms with van der Waals surface area (Å²) in [5.74, 6) is 1.54. The van der Waals surface area contributed by atoms with Gasteiger partial charge in [-0.25, -0.2) is 13.2 Å². The predicted molar refractivity (Wildman–Crippen MR) is 84.5 cm³/mol. The Morgan fingerprint density at radius 2 is 1.44 bits per heavy atom. The van der Waals surface area contributed by atoms with Gasteiger partial charge in [-0.2, -0.15) is 0 Å². The first kappa shape index (κ1) is 20.9. The molecule has 4 rings (SSSR count). The lowest BCUT2D eigenvalue weighted by Crippen LogP contribution is -2.48. The molecule has 0 aliphatic heterocycles. The molecule has 4 saturated carbocycles. The molecule has 0 amide bonds. The molecule has 4 aliphatic carbocycles. The molecule has 27 heavy (non-hydrogen) atoms. The molecule has 13 heteroatoms. The van der Waals surface area contributed by atoms with Gasteiger partial charge in [0.15, 0.2) is 0 Å². The summed E-state index contributed by atoms with van der Waals surface area (Å²) in [6, 6.07) is 0. The Bertz CT molecular complexity index is 700. The Labute approximate surface area is 153 Å². The number of carbonyl (C=O) groups excluding carboxylic acids is 1. The van der Waals surface area contributed by atoms with Crippen LogP contribution in [0.1, 0.15) is 38.5 Å². The highest BCUT2D eigenvalue weighted by Gasteiger charge is 2.73. The van der Waals surface area contributed by atoms with E-state index >= 15 is 0 Å². The van der Waals surface area contributed by atoms with Crippen LogP contribution in [0.4, 0.5) is 24.2 Å². The van der Waals surface area contributed by atoms with Crippen molar-refractivity contribution in [2.45, 2.75) is 43.1 Å². The highest BCUT2D eigenvalue weighted by molar-refractivity contribution is 8.50. The topological polar surface area (TPSA) is 92.7 Å². The minimum atomic E-state index is -10.7. The quantitative estimate of drug-likeness (QED) is 0.340. The minimum absolute atomic E-state index is 0.124. The Morgan fingerprint density at radius 1 is 1.00 bits per heavy atom. The number of hydrogen-bond donors (Lipinski definition) is 0. The van der Waals surface area contributed by atoms with Crippen LogP contribution in [0.2, 0.25) is 0 Å². The van der Waals surface area contributed by atoms with Crippen LogP contribution in [0.25, 0.3) is 0 Å². The third kappa shape index (κ3) is 4.78. The average Bonchev–Trinajstić information content (AvgIpc) is 2.39. The minimum Gasteiger partial charge on any atom is -0.747 e. The summed E-state index contributed by atoms with van der Waals surface area (Å²) in [5, 5.41) is 0. The second-order valence-corrected chi connectivity index (χ2v) is 12.7. The van der Waals surface area contributed by atoms with Crippen LogP contribution in [-0.2, 0) is 19.6 Å². The van der Waals surface area contributed by atoms with Crippen molar-refractivity contribution < 1.29 is 46.7 Å². The van der Waals surface area contributed by atoms with E-state index in [-0.39, 0.29) is 12.0 Å². The molecular formula is C14H20F5O6S2-. The molecule has 0 aromatic heterocycles. The van der Waals surface area contributed by atoms with Crippen molar-refractivity contribution in [3.05, 3.63) is 0 Å². The lowest BCUT2D eigenvalue weighted by atomic mass is 9.50. The fraction of sp³-hybridized carbons (Fsp3) is 0.929. The summed E-state index contributed by atoms with van der Waals surface area (Å²) in [6.07, 6.45) is 4.07. The Balaban J connectivity index is 1.58. The molecule has 6 nitrogen and oxygen atoms in total. The summed E-state index contributed by atoms with van der Waals surface area (Å²) >= 11 is 0. The summed E-state index contributed by atoms with van der Waals surface area (Å²) in [5.41, 5.74) is -0.294. The standard InChI is InChI=1S/C14H21F5O6S2/c15-27(16,17,18,19)12(26(21,22)23)7-24-13(20)25-8-14-4-9-1-10(5-14)3-11(2-9)6-14/h9-12H,1-8H2,(H,21,22,23)/p-1. The van der Waals surface area contributed by atoms with Crippen LogP contribution in [0.3, 0.4) is 0 Å². The van der Waals surface area contributed by atoms with Crippen molar-refractivity contribution in [3.63, 3.8) is 0 Å². The summed E-state index contributed by atoms with van der Waals surface area (Å²) in [4.78, 5) is 11.6. The molecule has 0 radical (unpaired) electrons. The van der Waals surface area contributed by atoms with Crippen LogP contribution in [-0.4, -0.2) is 36.9 Å². The first-order chi connectivity index (χ1) is 12.0. The monoisotopic (exact) mass is 443 g/mol. The van der Waals surface area contributed by atoms with Gasteiger partial charge in [0.25, 0.3) is 0 Å². The molecule has 0 heterocycles. The van der Waals surface area contributed by atoms with E-state index in [1.54, 1.807) is 0 Å². The van der Waals surface area contributed by atoms with Crippen LogP contribution < -0.4 is 0 Å². The van der Waals surface area contributed by atoms with E-state index in [1.165, 1.54) is 0 Å². The SMILES string of the molecule is O=C(OCC(S(=O)(=O)[O-])S(F)(F)(F)(F)F)OCC12CC3CC(CC(C3)C1)C2. The van der Waals surface area contributed by atoms with Gasteiger partial charge in [0.2, 0.25) is 4.58 Å². The molecule has 4 bridgehead atoms. The molecule has 4 fully saturated rings. The maximum atomic E-state index is 12.7. The van der Waals surface area contributed by atoms with Gasteiger partial charge in [-0.15, -0.1) is 0 Å². The van der Waals surface area contributed by atoms with Gasteiger partial charge in [0.05, 0.1) is 0 Å². The van der Waals surface area contributed by atoms with Gasteiger partial charge in [-0.1, -0.05) is 19.4 Å². The molecule has 4 aliphatic rings. The summed E-state index contributed by atoms with van der Waals surface area (Å²) < 4.78 is 99.6. The van der Waals surface area contributed by atoms with Gasteiger partial charge in [-0.05, 0) is 56.3 Å². The van der Waals surface area contributed by atoms with E-state index in [9.17, 15) is 37.2 Å². The maximum Gasteiger partial charge on any atom is 0.508 e. The maximum absolute atomic E-state index is 12.7. The summed E-state index contributed by atoms with van der Waals surface area (Å²) in [6.45, 7) is -2.45. The summed E-state index contributed by atoms with van der Waals surface area (Å²) in [7, 11) is -17.2. The molecule has 0 aromatic carbocycles. The third-order valence-electron chi connectivity index (χ3n) is 5.82. The van der Waals surface area contributed by atoms with E-state index in [0.717, 1.165) is 38.5 Å². The van der Waals surface area contributed by atoms with Crippen LogP contribution in [0, 0.1) is 23.2 Å². The molecule has 0 aromatic rings. The van der Waals surface area contributed by atoms with Crippen molar-refractivity contribution in [1.29, 1.82) is 0 Å². The van der Waals surface area contributed by atoms with Gasteiger partial charge in [0, 0.05) is 5.41 Å². The van der Waals surface area contributed by atoms with Crippen molar-refractivity contribution in [1.82, 2.24) is 0 Å². The fourth-order valence-electron chi connectivity index (χ4n) is 5.29. The van der Waals surface area contributed by atoms with Gasteiger partial charge in [-0.3, -0.25) is 0 Å². The van der Waals surface area contributed by atoms with Crippen LogP contribution in [0.5, 0.6) is 0 Å². The zero-order chi connectivity index (χ0) is 20.4.